The normalized spacial score (nSPS) is 11.6. The molecule has 0 saturated heterocycles. The van der Waals surface area contributed by atoms with E-state index in [1.165, 1.54) is 16.7 Å². The van der Waals surface area contributed by atoms with Gasteiger partial charge in [0.2, 0.25) is 0 Å². The van der Waals surface area contributed by atoms with Gasteiger partial charge in [0, 0.05) is 21.6 Å². The van der Waals surface area contributed by atoms with Crippen molar-refractivity contribution in [2.75, 3.05) is 0 Å². The van der Waals surface area contributed by atoms with Gasteiger partial charge in [-0.25, -0.2) is 13.4 Å². The van der Waals surface area contributed by atoms with Crippen molar-refractivity contribution in [1.82, 2.24) is 4.98 Å². The lowest BCUT2D eigenvalue weighted by Gasteiger charge is -1.96. The Labute approximate surface area is 102 Å². The lowest BCUT2D eigenvalue weighted by molar-refractivity contribution is 0.607. The van der Waals surface area contributed by atoms with E-state index in [1.807, 2.05) is 31.2 Å². The Balaban J connectivity index is 2.43. The predicted molar refractivity (Wildman–Crippen MR) is 65.3 cm³/mol. The number of benzene rings is 1. The van der Waals surface area contributed by atoms with Crippen LogP contribution in [0.2, 0.25) is 0 Å². The van der Waals surface area contributed by atoms with Gasteiger partial charge in [0.15, 0.2) is 5.03 Å². The van der Waals surface area contributed by atoms with E-state index in [4.69, 9.17) is 10.7 Å². The molecule has 16 heavy (non-hydrogen) atoms. The monoisotopic (exact) mass is 273 g/mol. The molecule has 0 bridgehead atoms. The zero-order valence-corrected chi connectivity index (χ0v) is 10.7. The van der Waals surface area contributed by atoms with Crippen LogP contribution < -0.4 is 0 Å². The average Bonchev–Trinajstić information content (AvgIpc) is 2.67. The van der Waals surface area contributed by atoms with Crippen LogP contribution in [0.4, 0.5) is 0 Å². The number of halogens is 1. The number of nitrogens with zero attached hydrogens (tertiary/aromatic N) is 1. The highest BCUT2D eigenvalue weighted by Crippen LogP contribution is 2.27. The van der Waals surface area contributed by atoms with Gasteiger partial charge < -0.3 is 0 Å². The van der Waals surface area contributed by atoms with Crippen LogP contribution in [0.3, 0.4) is 0 Å². The van der Waals surface area contributed by atoms with Gasteiger partial charge in [0.25, 0.3) is 9.05 Å². The summed E-state index contributed by atoms with van der Waals surface area (Å²) in [6, 6.07) is 7.70. The van der Waals surface area contributed by atoms with Gasteiger partial charge >= 0.3 is 0 Å². The highest BCUT2D eigenvalue weighted by atomic mass is 35.7. The number of hydrogen-bond donors (Lipinski definition) is 0. The Kier molecular flexibility index (Phi) is 3.01. The Morgan fingerprint density at radius 3 is 2.38 bits per heavy atom. The zero-order chi connectivity index (χ0) is 11.8. The largest absolute Gasteiger partial charge is 0.279 e. The van der Waals surface area contributed by atoms with Crippen LogP contribution in [-0.2, 0) is 9.05 Å². The molecule has 3 nitrogen and oxygen atoms in total. The molecule has 0 aliphatic rings. The van der Waals surface area contributed by atoms with Gasteiger partial charge in [-0.1, -0.05) is 29.8 Å². The van der Waals surface area contributed by atoms with Gasteiger partial charge in [0.05, 0.1) is 0 Å². The first-order valence-corrected chi connectivity index (χ1v) is 7.63. The van der Waals surface area contributed by atoms with E-state index < -0.39 is 9.05 Å². The van der Waals surface area contributed by atoms with Gasteiger partial charge in [-0.3, -0.25) is 0 Å². The Bertz CT molecular complexity index is 602. The highest BCUT2D eigenvalue weighted by molar-refractivity contribution is 8.13. The van der Waals surface area contributed by atoms with Crippen molar-refractivity contribution in [3.63, 3.8) is 0 Å². The van der Waals surface area contributed by atoms with E-state index in [2.05, 4.69) is 4.98 Å². The van der Waals surface area contributed by atoms with Crippen molar-refractivity contribution < 1.29 is 8.42 Å². The molecule has 0 N–H and O–H groups in total. The SMILES string of the molecule is Cc1ccc(-c2nc(S(=O)(=O)Cl)cs2)cc1. The summed E-state index contributed by atoms with van der Waals surface area (Å²) < 4.78 is 22.1. The van der Waals surface area contributed by atoms with Crippen molar-refractivity contribution in [3.05, 3.63) is 35.2 Å². The van der Waals surface area contributed by atoms with Crippen molar-refractivity contribution in [2.24, 2.45) is 0 Å². The molecule has 84 valence electrons. The molecular formula is C10H8ClNO2S2. The summed E-state index contributed by atoms with van der Waals surface area (Å²) in [6.07, 6.45) is 0. The maximum absolute atomic E-state index is 11.0. The second-order valence-electron chi connectivity index (χ2n) is 3.29. The van der Waals surface area contributed by atoms with Crippen LogP contribution in [0.15, 0.2) is 34.7 Å². The maximum Gasteiger partial charge on any atom is 0.279 e. The van der Waals surface area contributed by atoms with Crippen LogP contribution in [-0.4, -0.2) is 13.4 Å². The number of aromatic nitrogens is 1. The first-order valence-electron chi connectivity index (χ1n) is 4.44. The number of thiazole rings is 1. The van der Waals surface area contributed by atoms with E-state index in [0.29, 0.717) is 5.01 Å². The van der Waals surface area contributed by atoms with Gasteiger partial charge in [-0.05, 0) is 6.92 Å². The number of aryl methyl sites for hydroxylation is 1. The molecule has 0 aliphatic carbocycles. The van der Waals surface area contributed by atoms with Crippen LogP contribution >= 0.6 is 22.0 Å². The van der Waals surface area contributed by atoms with E-state index in [0.717, 1.165) is 11.1 Å². The fraction of sp³-hybridized carbons (Fsp3) is 0.100. The molecule has 0 saturated carbocycles. The molecule has 0 unspecified atom stereocenters. The Morgan fingerprint density at radius 2 is 1.88 bits per heavy atom. The van der Waals surface area contributed by atoms with E-state index in [9.17, 15) is 8.42 Å². The molecular weight excluding hydrogens is 266 g/mol. The molecule has 2 aromatic rings. The van der Waals surface area contributed by atoms with Gasteiger partial charge in [0.1, 0.15) is 5.01 Å². The van der Waals surface area contributed by atoms with Crippen LogP contribution in [0.25, 0.3) is 10.6 Å². The summed E-state index contributed by atoms with van der Waals surface area (Å²) in [5.41, 5.74) is 2.03. The standard InChI is InChI=1S/C10H8ClNO2S2/c1-7-2-4-8(5-3-7)10-12-9(6-15-10)16(11,13)14/h2-6H,1H3. The van der Waals surface area contributed by atoms with Gasteiger partial charge in [-0.2, -0.15) is 0 Å². The highest BCUT2D eigenvalue weighted by Gasteiger charge is 2.15. The third-order valence-electron chi connectivity index (χ3n) is 2.03. The lowest BCUT2D eigenvalue weighted by Crippen LogP contribution is -1.90. The molecule has 0 spiro atoms. The summed E-state index contributed by atoms with van der Waals surface area (Å²) in [7, 11) is 1.47. The minimum Gasteiger partial charge on any atom is -0.223 e. The first kappa shape index (κ1) is 11.6. The molecule has 0 radical (unpaired) electrons. The lowest BCUT2D eigenvalue weighted by atomic mass is 10.2. The van der Waals surface area contributed by atoms with E-state index >= 15 is 0 Å². The summed E-state index contributed by atoms with van der Waals surface area (Å²) in [4.78, 5) is 3.98. The summed E-state index contributed by atoms with van der Waals surface area (Å²) in [5, 5.41) is 2.01. The zero-order valence-electron chi connectivity index (χ0n) is 8.34. The Hall–Kier alpha value is -0.910. The summed E-state index contributed by atoms with van der Waals surface area (Å²) in [6.45, 7) is 1.99. The van der Waals surface area contributed by atoms with E-state index in [-0.39, 0.29) is 5.03 Å². The molecule has 0 fully saturated rings. The van der Waals surface area contributed by atoms with Crippen molar-refractivity contribution in [3.8, 4) is 10.6 Å². The van der Waals surface area contributed by atoms with Crippen LogP contribution in [0.1, 0.15) is 5.56 Å². The molecule has 6 heteroatoms. The van der Waals surface area contributed by atoms with Crippen LogP contribution in [0, 0.1) is 6.92 Å². The fourth-order valence-electron chi connectivity index (χ4n) is 1.20. The maximum atomic E-state index is 11.0. The number of rotatable bonds is 2. The van der Waals surface area contributed by atoms with Crippen molar-refractivity contribution >= 4 is 31.1 Å². The van der Waals surface area contributed by atoms with Crippen molar-refractivity contribution in [2.45, 2.75) is 11.9 Å². The fourth-order valence-corrected chi connectivity index (χ4v) is 3.18. The molecule has 1 aromatic heterocycles. The summed E-state index contributed by atoms with van der Waals surface area (Å²) >= 11 is 1.26. The number of hydrogen-bond acceptors (Lipinski definition) is 4. The molecule has 0 amide bonds. The molecule has 0 aliphatic heterocycles. The molecule has 0 atom stereocenters. The molecule has 2 rings (SSSR count). The van der Waals surface area contributed by atoms with Crippen LogP contribution in [0.5, 0.6) is 0 Å². The average molecular weight is 274 g/mol. The Morgan fingerprint density at radius 1 is 1.25 bits per heavy atom. The molecule has 1 aromatic carbocycles. The minimum atomic E-state index is -3.73. The van der Waals surface area contributed by atoms with E-state index in [1.54, 1.807) is 0 Å². The smallest absolute Gasteiger partial charge is 0.223 e. The third-order valence-corrected chi connectivity index (χ3v) is 4.26. The van der Waals surface area contributed by atoms with Gasteiger partial charge in [-0.15, -0.1) is 11.3 Å². The second kappa shape index (κ2) is 4.16. The second-order valence-corrected chi connectivity index (χ2v) is 6.67. The third kappa shape index (κ3) is 2.42. The quantitative estimate of drug-likeness (QED) is 0.790. The topological polar surface area (TPSA) is 47.0 Å². The molecule has 1 heterocycles. The minimum absolute atomic E-state index is 0.0882. The summed E-state index contributed by atoms with van der Waals surface area (Å²) in [5.74, 6) is 0. The predicted octanol–water partition coefficient (Wildman–Crippen LogP) is 3.05. The first-order chi connectivity index (χ1) is 7.47. The van der Waals surface area contributed by atoms with Crippen molar-refractivity contribution in [1.29, 1.82) is 0 Å².